The van der Waals surface area contributed by atoms with Gasteiger partial charge in [0.25, 0.3) is 0 Å². The molecule has 0 radical (unpaired) electrons. The van der Waals surface area contributed by atoms with Crippen LogP contribution in [-0.4, -0.2) is 44.3 Å². The Morgan fingerprint density at radius 1 is 0.846 bits per heavy atom. The highest BCUT2D eigenvalue weighted by molar-refractivity contribution is 7.91. The minimum Gasteiger partial charge on any atom is -0.508 e. The molecule has 0 bridgehead atoms. The number of aryl methyl sites for hydroxylation is 1. The van der Waals surface area contributed by atoms with Gasteiger partial charge in [-0.05, 0) is 123 Å². The maximum atomic E-state index is 13.6. The number of sulfone groups is 1. The maximum Gasteiger partial charge on any atom is 0.389 e. The van der Waals surface area contributed by atoms with Gasteiger partial charge in [-0.25, -0.2) is 12.8 Å². The van der Waals surface area contributed by atoms with Crippen LogP contribution in [0.1, 0.15) is 80.9 Å². The van der Waals surface area contributed by atoms with Gasteiger partial charge in [-0.1, -0.05) is 24.6 Å². The molecule has 3 rings (SSSR count). The number of benzene rings is 2. The number of alkyl halides is 3. The molecular formula is C30H39F4NO3S. The minimum atomic E-state index is -4.31. The van der Waals surface area contributed by atoms with Gasteiger partial charge >= 0.3 is 6.18 Å². The number of halogens is 4. The van der Waals surface area contributed by atoms with Gasteiger partial charge in [0, 0.05) is 6.42 Å². The summed E-state index contributed by atoms with van der Waals surface area (Å²) in [4.78, 5) is 0. The second-order valence-electron chi connectivity index (χ2n) is 10.3. The Morgan fingerprint density at radius 2 is 1.54 bits per heavy atom. The molecule has 2 N–H and O–H groups in total. The van der Waals surface area contributed by atoms with Crippen molar-refractivity contribution in [3.63, 3.8) is 0 Å². The molecule has 0 saturated heterocycles. The predicted octanol–water partition coefficient (Wildman–Crippen LogP) is 7.47. The van der Waals surface area contributed by atoms with E-state index in [2.05, 4.69) is 5.32 Å². The van der Waals surface area contributed by atoms with Gasteiger partial charge in [0.1, 0.15) is 21.4 Å². The molecule has 216 valence electrons. The number of hydrogen-bond acceptors (Lipinski definition) is 4. The van der Waals surface area contributed by atoms with Crippen LogP contribution in [0.5, 0.6) is 5.75 Å². The van der Waals surface area contributed by atoms with Crippen LogP contribution in [0, 0.1) is 5.82 Å². The summed E-state index contributed by atoms with van der Waals surface area (Å²) in [5.74, 6) is -0.472. The van der Waals surface area contributed by atoms with Gasteiger partial charge in [0.2, 0.25) is 0 Å². The van der Waals surface area contributed by atoms with Gasteiger partial charge in [-0.2, -0.15) is 13.2 Å². The second-order valence-corrected chi connectivity index (χ2v) is 12.6. The quantitative estimate of drug-likeness (QED) is 0.173. The number of hydrogen-bond donors (Lipinski definition) is 2. The lowest BCUT2D eigenvalue weighted by Gasteiger charge is -2.16. The molecule has 0 unspecified atom stereocenters. The normalized spacial score (nSPS) is 14.4. The van der Waals surface area contributed by atoms with E-state index in [0.717, 1.165) is 68.2 Å². The van der Waals surface area contributed by atoms with Crippen LogP contribution in [0.3, 0.4) is 0 Å². The summed E-state index contributed by atoms with van der Waals surface area (Å²) in [6, 6.07) is 12.2. The van der Waals surface area contributed by atoms with Crippen molar-refractivity contribution in [2.75, 3.05) is 24.6 Å². The van der Waals surface area contributed by atoms with Gasteiger partial charge in [0.15, 0.2) is 0 Å². The van der Waals surface area contributed by atoms with Crippen molar-refractivity contribution in [2.45, 2.75) is 76.8 Å². The molecule has 0 fully saturated rings. The zero-order chi connectivity index (χ0) is 28.3. The molecule has 0 atom stereocenters. The third-order valence-electron chi connectivity index (χ3n) is 7.10. The first-order valence-electron chi connectivity index (χ1n) is 13.8. The molecule has 0 aromatic heterocycles. The number of unbranched alkanes of at least 4 members (excludes halogenated alkanes) is 3. The number of aromatic hydroxyl groups is 1. The first-order valence-corrected chi connectivity index (χ1v) is 15.6. The Kier molecular flexibility index (Phi) is 11.9. The van der Waals surface area contributed by atoms with Crippen LogP contribution < -0.4 is 5.32 Å². The van der Waals surface area contributed by atoms with Crippen LogP contribution >= 0.6 is 0 Å². The van der Waals surface area contributed by atoms with Crippen molar-refractivity contribution < 1.29 is 31.1 Å². The summed E-state index contributed by atoms with van der Waals surface area (Å²) in [7, 11) is -3.44. The van der Waals surface area contributed by atoms with E-state index in [4.69, 9.17) is 0 Å². The first kappa shape index (κ1) is 31.1. The fourth-order valence-corrected chi connectivity index (χ4v) is 6.56. The highest BCUT2D eigenvalue weighted by Crippen LogP contribution is 2.39. The molecule has 0 spiro atoms. The van der Waals surface area contributed by atoms with Crippen LogP contribution in [0.25, 0.3) is 11.1 Å². The van der Waals surface area contributed by atoms with E-state index in [1.165, 1.54) is 23.3 Å². The molecule has 0 heterocycles. The molecule has 9 heteroatoms. The summed E-state index contributed by atoms with van der Waals surface area (Å²) in [5, 5.41) is 13.3. The van der Waals surface area contributed by atoms with Crippen LogP contribution in [-0.2, 0) is 16.3 Å². The lowest BCUT2D eigenvalue weighted by atomic mass is 9.89. The molecule has 4 nitrogen and oxygen atoms in total. The van der Waals surface area contributed by atoms with Crippen molar-refractivity contribution in [1.29, 1.82) is 0 Å². The number of phenolic OH excluding ortho intramolecular Hbond substituents is 1. The summed E-state index contributed by atoms with van der Waals surface area (Å²) in [5.41, 5.74) is 5.85. The number of phenols is 1. The molecule has 0 amide bonds. The van der Waals surface area contributed by atoms with Crippen LogP contribution in [0.4, 0.5) is 17.6 Å². The van der Waals surface area contributed by atoms with Gasteiger partial charge < -0.3 is 10.4 Å². The van der Waals surface area contributed by atoms with E-state index in [0.29, 0.717) is 19.4 Å². The lowest BCUT2D eigenvalue weighted by Crippen LogP contribution is -2.19. The Morgan fingerprint density at radius 3 is 2.26 bits per heavy atom. The lowest BCUT2D eigenvalue weighted by molar-refractivity contribution is -0.134. The molecular weight excluding hydrogens is 530 g/mol. The van der Waals surface area contributed by atoms with E-state index < -0.39 is 28.2 Å². The van der Waals surface area contributed by atoms with Crippen molar-refractivity contribution in [2.24, 2.45) is 0 Å². The average molecular weight is 570 g/mol. The largest absolute Gasteiger partial charge is 0.508 e. The van der Waals surface area contributed by atoms with E-state index in [-0.39, 0.29) is 23.7 Å². The number of nitrogens with one attached hydrogen (secondary N) is 1. The van der Waals surface area contributed by atoms with Crippen molar-refractivity contribution in [1.82, 2.24) is 5.32 Å². The van der Waals surface area contributed by atoms with E-state index >= 15 is 0 Å². The monoisotopic (exact) mass is 569 g/mol. The topological polar surface area (TPSA) is 66.4 Å². The highest BCUT2D eigenvalue weighted by Gasteiger charge is 2.27. The van der Waals surface area contributed by atoms with E-state index in [1.54, 1.807) is 6.07 Å². The first-order chi connectivity index (χ1) is 18.5. The predicted molar refractivity (Wildman–Crippen MR) is 149 cm³/mol. The zero-order valence-electron chi connectivity index (χ0n) is 22.3. The Hall–Kier alpha value is -2.39. The Labute approximate surface area is 229 Å². The second kappa shape index (κ2) is 14.8. The van der Waals surface area contributed by atoms with Crippen molar-refractivity contribution in [3.8, 4) is 5.75 Å². The third-order valence-corrected chi connectivity index (χ3v) is 8.92. The Balaban J connectivity index is 1.42. The average Bonchev–Trinajstić information content (AvgIpc) is 3.03. The summed E-state index contributed by atoms with van der Waals surface area (Å²) in [6.07, 6.45) is 1.95. The van der Waals surface area contributed by atoms with Gasteiger partial charge in [-0.3, -0.25) is 0 Å². The Bertz CT molecular complexity index is 1190. The molecule has 2 aromatic rings. The summed E-state index contributed by atoms with van der Waals surface area (Å²) in [6.45, 7) is 1.49. The number of rotatable bonds is 15. The number of allylic oxidation sites excluding steroid dienone is 2. The van der Waals surface area contributed by atoms with Gasteiger partial charge in [0.05, 0.1) is 11.5 Å². The van der Waals surface area contributed by atoms with Crippen LogP contribution in [0.2, 0.25) is 0 Å². The fourth-order valence-electron chi connectivity index (χ4n) is 5.13. The molecule has 1 aliphatic rings. The summed E-state index contributed by atoms with van der Waals surface area (Å²) >= 11 is 0. The molecule has 0 aliphatic heterocycles. The van der Waals surface area contributed by atoms with E-state index in [1.807, 2.05) is 24.3 Å². The molecule has 0 saturated carbocycles. The molecule has 2 aromatic carbocycles. The van der Waals surface area contributed by atoms with Crippen molar-refractivity contribution in [3.05, 3.63) is 65.0 Å². The smallest absolute Gasteiger partial charge is 0.389 e. The summed E-state index contributed by atoms with van der Waals surface area (Å²) < 4.78 is 73.9. The van der Waals surface area contributed by atoms with Crippen molar-refractivity contribution >= 4 is 21.0 Å². The maximum absolute atomic E-state index is 13.6. The fraction of sp³-hybridized carbons (Fsp3) is 0.533. The van der Waals surface area contributed by atoms with Crippen LogP contribution in [0.15, 0.2) is 42.5 Å². The minimum absolute atomic E-state index is 0.0721. The number of fused-ring (bicyclic) bond motifs is 1. The molecule has 39 heavy (non-hydrogen) atoms. The molecule has 1 aliphatic carbocycles. The SMILES string of the molecule is O=S(=O)(CCCCNCCCCCC1=C(c2ccc(F)cc2)CCCc2cc(O)ccc21)CCCC(F)(F)F. The van der Waals surface area contributed by atoms with Gasteiger partial charge in [-0.15, -0.1) is 0 Å². The zero-order valence-corrected chi connectivity index (χ0v) is 23.1. The standard InChI is InChI=1S/C30H39F4NO3S/c31-25-13-11-23(12-14-25)27-10-6-8-24-22-26(36)15-16-28(24)29(27)9-2-1-3-18-35-19-4-5-20-39(37,38)21-7-17-30(32,33)34/h11-16,22,35-36H,1-10,17-21H2. The van der Waals surface area contributed by atoms with E-state index in [9.17, 15) is 31.1 Å². The highest BCUT2D eigenvalue weighted by atomic mass is 32.2. The third kappa shape index (κ3) is 11.0.